The van der Waals surface area contributed by atoms with Crippen molar-refractivity contribution in [3.05, 3.63) is 11.8 Å². The molecule has 0 aromatic rings. The molecule has 2 amide bonds. The van der Waals surface area contributed by atoms with Crippen LogP contribution in [0.5, 0.6) is 0 Å². The molecule has 2 aliphatic rings. The Morgan fingerprint density at radius 3 is 3.00 bits per heavy atom. The molecule has 0 radical (unpaired) electrons. The Hall–Kier alpha value is -1.32. The molecule has 18 heavy (non-hydrogen) atoms. The summed E-state index contributed by atoms with van der Waals surface area (Å²) in [5.41, 5.74) is 1.12. The van der Waals surface area contributed by atoms with E-state index in [2.05, 4.69) is 11.4 Å². The molecule has 0 aromatic heterocycles. The highest BCUT2D eigenvalue weighted by Crippen LogP contribution is 2.45. The molecule has 0 spiro atoms. The van der Waals surface area contributed by atoms with Gasteiger partial charge in [-0.1, -0.05) is 13.0 Å². The predicted octanol–water partition coefficient (Wildman–Crippen LogP) is 1.82. The van der Waals surface area contributed by atoms with Gasteiger partial charge >= 0.3 is 0 Å². The first kappa shape index (κ1) is 13.1. The van der Waals surface area contributed by atoms with E-state index in [0.29, 0.717) is 19.4 Å². The van der Waals surface area contributed by atoms with E-state index < -0.39 is 0 Å². The topological polar surface area (TPSA) is 49.4 Å². The first-order chi connectivity index (χ1) is 8.59. The molecule has 4 heteroatoms. The summed E-state index contributed by atoms with van der Waals surface area (Å²) in [7, 11) is 1.86. The summed E-state index contributed by atoms with van der Waals surface area (Å²) in [4.78, 5) is 25.0. The fourth-order valence-corrected chi connectivity index (χ4v) is 3.08. The number of rotatable bonds is 3. The van der Waals surface area contributed by atoms with E-state index in [4.69, 9.17) is 0 Å². The minimum absolute atomic E-state index is 0.00819. The van der Waals surface area contributed by atoms with E-state index in [1.165, 1.54) is 0 Å². The molecule has 1 unspecified atom stereocenters. The molecule has 0 bridgehead atoms. The van der Waals surface area contributed by atoms with Crippen LogP contribution in [-0.4, -0.2) is 30.3 Å². The van der Waals surface area contributed by atoms with E-state index in [9.17, 15) is 9.59 Å². The zero-order valence-electron chi connectivity index (χ0n) is 11.3. The molecule has 1 fully saturated rings. The molecule has 0 saturated carbocycles. The van der Waals surface area contributed by atoms with Crippen molar-refractivity contribution in [1.82, 2.24) is 10.2 Å². The van der Waals surface area contributed by atoms with Crippen LogP contribution in [0.2, 0.25) is 0 Å². The smallest absolute Gasteiger partial charge is 0.226 e. The Labute approximate surface area is 108 Å². The minimum Gasteiger partial charge on any atom is -0.355 e. The molecular formula is C14H22N2O2. The molecule has 0 aromatic carbocycles. The standard InChI is InChI=1S/C14H22N2O2/c1-3-12(17)15-10-14-8-5-4-6-11(14)16(2)13(18)7-9-14/h6H,3-5,7-10H2,1-2H3,(H,15,17). The third-order valence-electron chi connectivity index (χ3n) is 4.24. The van der Waals surface area contributed by atoms with Gasteiger partial charge in [-0.15, -0.1) is 0 Å². The van der Waals surface area contributed by atoms with Crippen LogP contribution in [0.1, 0.15) is 45.4 Å². The van der Waals surface area contributed by atoms with E-state index in [0.717, 1.165) is 31.4 Å². The van der Waals surface area contributed by atoms with Crippen LogP contribution < -0.4 is 5.32 Å². The molecule has 100 valence electrons. The number of hydrogen-bond donors (Lipinski definition) is 1. The summed E-state index contributed by atoms with van der Waals surface area (Å²) in [5.74, 6) is 0.287. The van der Waals surface area contributed by atoms with Crippen LogP contribution >= 0.6 is 0 Å². The Balaban J connectivity index is 2.17. The average Bonchev–Trinajstić information content (AvgIpc) is 2.41. The van der Waals surface area contributed by atoms with E-state index in [1.54, 1.807) is 4.90 Å². The van der Waals surface area contributed by atoms with Crippen molar-refractivity contribution in [3.8, 4) is 0 Å². The largest absolute Gasteiger partial charge is 0.355 e. The number of likely N-dealkylation sites (tertiary alicyclic amines) is 1. The monoisotopic (exact) mass is 250 g/mol. The van der Waals surface area contributed by atoms with Gasteiger partial charge in [0.1, 0.15) is 0 Å². The molecule has 1 aliphatic heterocycles. The Morgan fingerprint density at radius 1 is 1.50 bits per heavy atom. The van der Waals surface area contributed by atoms with Gasteiger partial charge in [-0.05, 0) is 25.7 Å². The van der Waals surface area contributed by atoms with Crippen LogP contribution in [0.25, 0.3) is 0 Å². The Bertz CT molecular complexity index is 389. The van der Waals surface area contributed by atoms with Gasteiger partial charge in [-0.2, -0.15) is 0 Å². The van der Waals surface area contributed by atoms with Crippen molar-refractivity contribution in [2.45, 2.75) is 45.4 Å². The number of amides is 2. The number of piperidine rings is 1. The minimum atomic E-state index is -0.00819. The SMILES string of the molecule is CCC(=O)NCC12CCCC=C1N(C)C(=O)CC2. The lowest BCUT2D eigenvalue weighted by molar-refractivity contribution is -0.132. The number of allylic oxidation sites excluding steroid dienone is 1. The van der Waals surface area contributed by atoms with Crippen LogP contribution in [0, 0.1) is 5.41 Å². The van der Waals surface area contributed by atoms with E-state index >= 15 is 0 Å². The lowest BCUT2D eigenvalue weighted by atomic mass is 9.70. The summed E-state index contributed by atoms with van der Waals surface area (Å²) in [6.45, 7) is 2.53. The van der Waals surface area contributed by atoms with Crippen molar-refractivity contribution in [3.63, 3.8) is 0 Å². The van der Waals surface area contributed by atoms with Crippen molar-refractivity contribution >= 4 is 11.8 Å². The zero-order chi connectivity index (χ0) is 13.2. The number of carbonyl (C=O) groups is 2. The molecule has 1 aliphatic carbocycles. The Morgan fingerprint density at radius 2 is 2.28 bits per heavy atom. The number of nitrogens with one attached hydrogen (secondary N) is 1. The van der Waals surface area contributed by atoms with Crippen LogP contribution in [-0.2, 0) is 9.59 Å². The Kier molecular flexibility index (Phi) is 3.73. The second-order valence-corrected chi connectivity index (χ2v) is 5.34. The lowest BCUT2D eigenvalue weighted by Gasteiger charge is -2.46. The van der Waals surface area contributed by atoms with Gasteiger partial charge in [0.15, 0.2) is 0 Å². The summed E-state index contributed by atoms with van der Waals surface area (Å²) in [5, 5.41) is 3.01. The number of carbonyl (C=O) groups excluding carboxylic acids is 2. The van der Waals surface area contributed by atoms with Crippen LogP contribution in [0.3, 0.4) is 0 Å². The highest BCUT2D eigenvalue weighted by molar-refractivity contribution is 5.80. The summed E-state index contributed by atoms with van der Waals surface area (Å²) in [6, 6.07) is 0. The average molecular weight is 250 g/mol. The van der Waals surface area contributed by atoms with Crippen LogP contribution in [0.4, 0.5) is 0 Å². The molecule has 1 heterocycles. The van der Waals surface area contributed by atoms with Gasteiger partial charge in [0.05, 0.1) is 0 Å². The van der Waals surface area contributed by atoms with Gasteiger partial charge in [0, 0.05) is 37.5 Å². The second kappa shape index (κ2) is 5.12. The fraction of sp³-hybridized carbons (Fsp3) is 0.714. The van der Waals surface area contributed by atoms with Crippen molar-refractivity contribution in [2.24, 2.45) is 5.41 Å². The highest BCUT2D eigenvalue weighted by atomic mass is 16.2. The molecule has 4 nitrogen and oxygen atoms in total. The molecule has 1 N–H and O–H groups in total. The first-order valence-electron chi connectivity index (χ1n) is 6.83. The molecule has 1 atom stereocenters. The number of hydrogen-bond acceptors (Lipinski definition) is 2. The number of nitrogens with zero attached hydrogens (tertiary/aromatic N) is 1. The maximum Gasteiger partial charge on any atom is 0.226 e. The molecule has 1 saturated heterocycles. The molecule has 2 rings (SSSR count). The normalized spacial score (nSPS) is 27.6. The van der Waals surface area contributed by atoms with Crippen molar-refractivity contribution in [2.75, 3.05) is 13.6 Å². The summed E-state index contributed by atoms with van der Waals surface area (Å²) < 4.78 is 0. The van der Waals surface area contributed by atoms with Gasteiger partial charge in [0.2, 0.25) is 11.8 Å². The summed E-state index contributed by atoms with van der Waals surface area (Å²) >= 11 is 0. The second-order valence-electron chi connectivity index (χ2n) is 5.34. The van der Waals surface area contributed by atoms with E-state index in [1.807, 2.05) is 14.0 Å². The summed E-state index contributed by atoms with van der Waals surface area (Å²) in [6.07, 6.45) is 7.41. The third kappa shape index (κ3) is 2.28. The predicted molar refractivity (Wildman–Crippen MR) is 69.7 cm³/mol. The van der Waals surface area contributed by atoms with E-state index in [-0.39, 0.29) is 17.2 Å². The maximum absolute atomic E-state index is 11.8. The first-order valence-corrected chi connectivity index (χ1v) is 6.83. The van der Waals surface area contributed by atoms with Gasteiger partial charge < -0.3 is 10.2 Å². The third-order valence-corrected chi connectivity index (χ3v) is 4.24. The maximum atomic E-state index is 11.8. The quantitative estimate of drug-likeness (QED) is 0.830. The number of fused-ring (bicyclic) bond motifs is 1. The zero-order valence-corrected chi connectivity index (χ0v) is 11.3. The van der Waals surface area contributed by atoms with Crippen molar-refractivity contribution in [1.29, 1.82) is 0 Å². The van der Waals surface area contributed by atoms with Crippen LogP contribution in [0.15, 0.2) is 11.8 Å². The van der Waals surface area contributed by atoms with Gasteiger partial charge in [0.25, 0.3) is 0 Å². The van der Waals surface area contributed by atoms with Gasteiger partial charge in [-0.3, -0.25) is 9.59 Å². The lowest BCUT2D eigenvalue weighted by Crippen LogP contribution is -2.49. The fourth-order valence-electron chi connectivity index (χ4n) is 3.08. The highest BCUT2D eigenvalue weighted by Gasteiger charge is 2.42. The molecular weight excluding hydrogens is 228 g/mol. The van der Waals surface area contributed by atoms with Crippen molar-refractivity contribution < 1.29 is 9.59 Å². The van der Waals surface area contributed by atoms with Gasteiger partial charge in [-0.25, -0.2) is 0 Å².